The van der Waals surface area contributed by atoms with Crippen molar-refractivity contribution in [2.24, 2.45) is 0 Å². The molecular formula is C16H21ClN2. The van der Waals surface area contributed by atoms with Crippen molar-refractivity contribution >= 4 is 11.6 Å². The van der Waals surface area contributed by atoms with Gasteiger partial charge in [-0.2, -0.15) is 5.26 Å². The Morgan fingerprint density at radius 1 is 1.32 bits per heavy atom. The van der Waals surface area contributed by atoms with Gasteiger partial charge in [-0.1, -0.05) is 30.2 Å². The van der Waals surface area contributed by atoms with Crippen LogP contribution in [0.25, 0.3) is 0 Å². The van der Waals surface area contributed by atoms with Crippen molar-refractivity contribution in [3.05, 3.63) is 34.9 Å². The molecule has 1 aliphatic heterocycles. The van der Waals surface area contributed by atoms with Crippen LogP contribution < -0.4 is 0 Å². The highest BCUT2D eigenvalue weighted by Gasteiger charge is 2.32. The van der Waals surface area contributed by atoms with Crippen LogP contribution in [0.2, 0.25) is 5.02 Å². The van der Waals surface area contributed by atoms with Gasteiger partial charge in [-0.15, -0.1) is 0 Å². The number of halogens is 1. The number of rotatable bonds is 4. The van der Waals surface area contributed by atoms with Crippen molar-refractivity contribution in [3.8, 4) is 6.07 Å². The van der Waals surface area contributed by atoms with Gasteiger partial charge in [0.2, 0.25) is 0 Å². The molecule has 1 atom stereocenters. The summed E-state index contributed by atoms with van der Waals surface area (Å²) in [6.07, 6.45) is 5.50. The Hall–Kier alpha value is -1.04. The van der Waals surface area contributed by atoms with Gasteiger partial charge < -0.3 is 0 Å². The highest BCUT2D eigenvalue weighted by atomic mass is 35.5. The lowest BCUT2D eigenvalue weighted by Gasteiger charge is -2.38. The van der Waals surface area contributed by atoms with Gasteiger partial charge in [-0.25, -0.2) is 0 Å². The van der Waals surface area contributed by atoms with E-state index in [1.54, 1.807) is 0 Å². The maximum atomic E-state index is 9.55. The summed E-state index contributed by atoms with van der Waals surface area (Å²) in [5, 5.41) is 10.3. The fourth-order valence-electron chi connectivity index (χ4n) is 2.75. The number of hydrogen-bond acceptors (Lipinski definition) is 2. The molecule has 0 saturated carbocycles. The van der Waals surface area contributed by atoms with Crippen LogP contribution in [-0.4, -0.2) is 23.5 Å². The molecule has 0 aromatic heterocycles. The van der Waals surface area contributed by atoms with E-state index in [0.29, 0.717) is 0 Å². The van der Waals surface area contributed by atoms with Gasteiger partial charge in [0, 0.05) is 5.02 Å². The number of likely N-dealkylation sites (tertiary alicyclic amines) is 1. The topological polar surface area (TPSA) is 27.0 Å². The summed E-state index contributed by atoms with van der Waals surface area (Å²) in [5.74, 6) is 0. The molecular weight excluding hydrogens is 256 g/mol. The second kappa shape index (κ2) is 6.41. The molecule has 0 radical (unpaired) electrons. The van der Waals surface area contributed by atoms with E-state index in [1.165, 1.54) is 24.8 Å². The van der Waals surface area contributed by atoms with E-state index in [0.717, 1.165) is 31.0 Å². The predicted molar refractivity (Wildman–Crippen MR) is 79.2 cm³/mol. The average molecular weight is 277 g/mol. The van der Waals surface area contributed by atoms with Crippen LogP contribution in [0.15, 0.2) is 24.3 Å². The fraction of sp³-hybridized carbons (Fsp3) is 0.562. The lowest BCUT2D eigenvalue weighted by molar-refractivity contribution is 0.117. The maximum absolute atomic E-state index is 9.55. The Balaban J connectivity index is 2.00. The van der Waals surface area contributed by atoms with Crippen LogP contribution in [-0.2, 0) is 6.42 Å². The SMILES string of the molecule is CC(C#N)(CCc1cccc(Cl)c1)N1CCCCC1. The molecule has 19 heavy (non-hydrogen) atoms. The first-order valence-electron chi connectivity index (χ1n) is 7.05. The highest BCUT2D eigenvalue weighted by molar-refractivity contribution is 6.30. The third kappa shape index (κ3) is 3.72. The van der Waals surface area contributed by atoms with E-state index in [1.807, 2.05) is 18.2 Å². The zero-order valence-corrected chi connectivity index (χ0v) is 12.3. The van der Waals surface area contributed by atoms with Crippen LogP contribution in [0.4, 0.5) is 0 Å². The summed E-state index contributed by atoms with van der Waals surface area (Å²) < 4.78 is 0. The van der Waals surface area contributed by atoms with Gasteiger partial charge in [0.15, 0.2) is 0 Å². The van der Waals surface area contributed by atoms with Crippen molar-refractivity contribution < 1.29 is 0 Å². The van der Waals surface area contributed by atoms with Crippen molar-refractivity contribution in [1.29, 1.82) is 5.26 Å². The molecule has 3 heteroatoms. The monoisotopic (exact) mass is 276 g/mol. The number of piperidine rings is 1. The standard InChI is InChI=1S/C16H21ClN2/c1-16(13-18,19-10-3-2-4-11-19)9-8-14-6-5-7-15(17)12-14/h5-7,12H,2-4,8-11H2,1H3. The molecule has 0 N–H and O–H groups in total. The lowest BCUT2D eigenvalue weighted by Crippen LogP contribution is -2.48. The highest BCUT2D eigenvalue weighted by Crippen LogP contribution is 2.25. The van der Waals surface area contributed by atoms with Crippen LogP contribution in [0.1, 0.15) is 38.2 Å². The zero-order valence-electron chi connectivity index (χ0n) is 11.5. The number of benzene rings is 1. The quantitative estimate of drug-likeness (QED) is 0.830. The minimum absolute atomic E-state index is 0.345. The van der Waals surface area contributed by atoms with Gasteiger partial charge in [0.25, 0.3) is 0 Å². The molecule has 1 aromatic carbocycles. The number of nitriles is 1. The molecule has 1 fully saturated rings. The number of nitrogens with zero attached hydrogens (tertiary/aromatic N) is 2. The molecule has 2 rings (SSSR count). The van der Waals surface area contributed by atoms with Gasteiger partial charge in [-0.3, -0.25) is 4.90 Å². The fourth-order valence-corrected chi connectivity index (χ4v) is 2.97. The van der Waals surface area contributed by atoms with Crippen molar-refractivity contribution in [3.63, 3.8) is 0 Å². The van der Waals surface area contributed by atoms with E-state index >= 15 is 0 Å². The Kier molecular flexibility index (Phi) is 4.85. The first-order chi connectivity index (χ1) is 9.14. The minimum Gasteiger partial charge on any atom is -0.286 e. The first-order valence-corrected chi connectivity index (χ1v) is 7.43. The molecule has 0 spiro atoms. The summed E-state index contributed by atoms with van der Waals surface area (Å²) in [7, 11) is 0. The zero-order chi connectivity index (χ0) is 13.7. The smallest absolute Gasteiger partial charge is 0.106 e. The second-order valence-corrected chi connectivity index (χ2v) is 6.00. The summed E-state index contributed by atoms with van der Waals surface area (Å²) in [4.78, 5) is 2.35. The normalized spacial score (nSPS) is 19.6. The molecule has 1 saturated heterocycles. The Labute approximate surface area is 121 Å². The molecule has 1 unspecified atom stereocenters. The largest absolute Gasteiger partial charge is 0.286 e. The van der Waals surface area contributed by atoms with Crippen LogP contribution in [0.5, 0.6) is 0 Å². The summed E-state index contributed by atoms with van der Waals surface area (Å²) in [5.41, 5.74) is 0.869. The van der Waals surface area contributed by atoms with Gasteiger partial charge in [-0.05, 0) is 63.4 Å². The maximum Gasteiger partial charge on any atom is 0.106 e. The van der Waals surface area contributed by atoms with E-state index in [-0.39, 0.29) is 5.54 Å². The summed E-state index contributed by atoms with van der Waals surface area (Å²) >= 11 is 6.00. The van der Waals surface area contributed by atoms with Crippen LogP contribution >= 0.6 is 11.6 Å². The molecule has 2 nitrogen and oxygen atoms in total. The lowest BCUT2D eigenvalue weighted by atomic mass is 9.91. The van der Waals surface area contributed by atoms with E-state index in [2.05, 4.69) is 24.0 Å². The van der Waals surface area contributed by atoms with E-state index < -0.39 is 0 Å². The molecule has 1 heterocycles. The van der Waals surface area contributed by atoms with Crippen molar-refractivity contribution in [2.75, 3.05) is 13.1 Å². The third-order valence-electron chi connectivity index (χ3n) is 4.08. The molecule has 1 aliphatic rings. The first kappa shape index (κ1) is 14.4. The second-order valence-electron chi connectivity index (χ2n) is 5.56. The van der Waals surface area contributed by atoms with Crippen LogP contribution in [0.3, 0.4) is 0 Å². The Bertz CT molecular complexity index is 460. The van der Waals surface area contributed by atoms with Crippen molar-refractivity contribution in [1.82, 2.24) is 4.90 Å². The minimum atomic E-state index is -0.345. The van der Waals surface area contributed by atoms with Gasteiger partial charge in [0.1, 0.15) is 5.54 Å². The van der Waals surface area contributed by atoms with Crippen LogP contribution in [0, 0.1) is 11.3 Å². The third-order valence-corrected chi connectivity index (χ3v) is 4.32. The molecule has 1 aromatic rings. The van der Waals surface area contributed by atoms with Crippen molar-refractivity contribution in [2.45, 2.75) is 44.6 Å². The predicted octanol–water partition coefficient (Wildman–Crippen LogP) is 4.04. The van der Waals surface area contributed by atoms with Gasteiger partial charge >= 0.3 is 0 Å². The molecule has 102 valence electrons. The molecule has 0 bridgehead atoms. The van der Waals surface area contributed by atoms with Gasteiger partial charge in [0.05, 0.1) is 6.07 Å². The summed E-state index contributed by atoms with van der Waals surface area (Å²) in [6, 6.07) is 10.5. The van der Waals surface area contributed by atoms with E-state index in [4.69, 9.17) is 11.6 Å². The number of hydrogen-bond donors (Lipinski definition) is 0. The van der Waals surface area contributed by atoms with E-state index in [9.17, 15) is 5.26 Å². The summed E-state index contributed by atoms with van der Waals surface area (Å²) in [6.45, 7) is 4.18. The molecule has 0 amide bonds. The Morgan fingerprint density at radius 3 is 2.68 bits per heavy atom. The number of aryl methyl sites for hydroxylation is 1. The molecule has 0 aliphatic carbocycles. The Morgan fingerprint density at radius 2 is 2.05 bits per heavy atom. The average Bonchev–Trinajstić information content (AvgIpc) is 2.46.